The van der Waals surface area contributed by atoms with Gasteiger partial charge in [0.05, 0.1) is 0 Å². The molecule has 2 aliphatic rings. The van der Waals surface area contributed by atoms with Crippen molar-refractivity contribution in [2.45, 2.75) is 45.4 Å². The van der Waals surface area contributed by atoms with Crippen LogP contribution in [0.5, 0.6) is 0 Å². The van der Waals surface area contributed by atoms with Crippen molar-refractivity contribution >= 4 is 35.8 Å². The van der Waals surface area contributed by atoms with E-state index in [1.165, 1.54) is 44.5 Å². The maximum Gasteiger partial charge on any atom is 0.223 e. The summed E-state index contributed by atoms with van der Waals surface area (Å²) in [5, 5.41) is 6.80. The van der Waals surface area contributed by atoms with Crippen LogP contribution in [0.1, 0.15) is 44.6 Å². The van der Waals surface area contributed by atoms with Gasteiger partial charge in [-0.25, -0.2) is 0 Å². The van der Waals surface area contributed by atoms with Crippen LogP contribution in [0.4, 0.5) is 0 Å². The second-order valence-corrected chi connectivity index (χ2v) is 8.55. The van der Waals surface area contributed by atoms with Crippen LogP contribution in [-0.2, 0) is 11.2 Å². The third-order valence-electron chi connectivity index (χ3n) is 6.05. The highest BCUT2D eigenvalue weighted by atomic mass is 127. The van der Waals surface area contributed by atoms with Gasteiger partial charge in [0, 0.05) is 45.1 Å². The molecule has 1 aromatic carbocycles. The molecule has 0 aromatic heterocycles. The number of guanidine groups is 1. The predicted octanol–water partition coefficient (Wildman–Crippen LogP) is 3.13. The minimum Gasteiger partial charge on any atom is -0.357 e. The molecule has 2 heterocycles. The molecule has 174 valence electrons. The molecule has 0 bridgehead atoms. The number of hydrogen-bond acceptors (Lipinski definition) is 3. The fourth-order valence-electron chi connectivity index (χ4n) is 4.34. The molecule has 7 heteroatoms. The Labute approximate surface area is 205 Å². The molecule has 6 nitrogen and oxygen atoms in total. The number of amides is 1. The van der Waals surface area contributed by atoms with Crippen LogP contribution in [0.3, 0.4) is 0 Å². The summed E-state index contributed by atoms with van der Waals surface area (Å²) in [6.07, 6.45) is 6.67. The van der Waals surface area contributed by atoms with E-state index in [1.54, 1.807) is 0 Å². The van der Waals surface area contributed by atoms with Crippen molar-refractivity contribution in [3.05, 3.63) is 35.9 Å². The summed E-state index contributed by atoms with van der Waals surface area (Å²) < 4.78 is 0. The van der Waals surface area contributed by atoms with Gasteiger partial charge in [-0.3, -0.25) is 9.79 Å². The maximum atomic E-state index is 12.4. The van der Waals surface area contributed by atoms with Crippen LogP contribution in [0.15, 0.2) is 35.3 Å². The molecule has 2 aliphatic heterocycles. The number of likely N-dealkylation sites (tertiary alicyclic amines) is 2. The first-order chi connectivity index (χ1) is 14.7. The summed E-state index contributed by atoms with van der Waals surface area (Å²) in [6, 6.07) is 10.4. The van der Waals surface area contributed by atoms with Crippen molar-refractivity contribution in [1.82, 2.24) is 20.4 Å². The van der Waals surface area contributed by atoms with E-state index in [-0.39, 0.29) is 29.9 Å². The highest BCUT2D eigenvalue weighted by Gasteiger charge is 2.29. The number of aliphatic imine (C=N–C) groups is 1. The summed E-state index contributed by atoms with van der Waals surface area (Å²) >= 11 is 0. The fraction of sp³-hybridized carbons (Fsp3) is 0.667. The van der Waals surface area contributed by atoms with E-state index < -0.39 is 0 Å². The lowest BCUT2D eigenvalue weighted by Gasteiger charge is -2.17. The molecule has 31 heavy (non-hydrogen) atoms. The van der Waals surface area contributed by atoms with Gasteiger partial charge in [-0.2, -0.15) is 0 Å². The average molecular weight is 542 g/mol. The number of rotatable bonds is 11. The van der Waals surface area contributed by atoms with Gasteiger partial charge in [-0.05, 0) is 64.2 Å². The van der Waals surface area contributed by atoms with Crippen LogP contribution < -0.4 is 10.6 Å². The molecule has 2 saturated heterocycles. The van der Waals surface area contributed by atoms with Crippen LogP contribution >= 0.6 is 24.0 Å². The lowest BCUT2D eigenvalue weighted by atomic mass is 10.1. The van der Waals surface area contributed by atoms with Gasteiger partial charge in [0.15, 0.2) is 5.96 Å². The summed E-state index contributed by atoms with van der Waals surface area (Å²) in [5.74, 6) is 1.47. The smallest absolute Gasteiger partial charge is 0.223 e. The average Bonchev–Trinajstić information content (AvgIpc) is 3.40. The molecule has 1 amide bonds. The number of carbonyl (C=O) groups is 1. The van der Waals surface area contributed by atoms with E-state index in [9.17, 15) is 4.79 Å². The molecule has 0 saturated carbocycles. The van der Waals surface area contributed by atoms with Crippen molar-refractivity contribution < 1.29 is 4.79 Å². The third kappa shape index (κ3) is 9.35. The molecule has 3 rings (SSSR count). The highest BCUT2D eigenvalue weighted by Crippen LogP contribution is 2.18. The lowest BCUT2D eigenvalue weighted by Crippen LogP contribution is -2.38. The standard InChI is InChI=1S/C24H39N5O.HI/c1-2-25-24(26-13-6-7-14-28-15-8-9-16-28)27-19-22-18-23(30)29(20-22)17-12-21-10-4-3-5-11-21;/h3-5,10-11,22H,2,6-9,12-20H2,1H3,(H2,25,26,27);1H. The van der Waals surface area contributed by atoms with Crippen molar-refractivity contribution in [3.8, 4) is 0 Å². The summed E-state index contributed by atoms with van der Waals surface area (Å²) in [7, 11) is 0. The van der Waals surface area contributed by atoms with Crippen molar-refractivity contribution in [1.29, 1.82) is 0 Å². The van der Waals surface area contributed by atoms with E-state index in [0.717, 1.165) is 45.0 Å². The number of nitrogens with zero attached hydrogens (tertiary/aromatic N) is 3. The summed E-state index contributed by atoms with van der Waals surface area (Å²) in [5.41, 5.74) is 1.29. The number of carbonyl (C=O) groups excluding carboxylic acids is 1. The van der Waals surface area contributed by atoms with Gasteiger partial charge in [0.25, 0.3) is 0 Å². The van der Waals surface area contributed by atoms with Crippen molar-refractivity contribution in [2.24, 2.45) is 10.9 Å². The monoisotopic (exact) mass is 541 g/mol. The molecule has 1 unspecified atom stereocenters. The Morgan fingerprint density at radius 1 is 1.10 bits per heavy atom. The number of hydrogen-bond donors (Lipinski definition) is 2. The van der Waals surface area contributed by atoms with Crippen molar-refractivity contribution in [2.75, 3.05) is 52.4 Å². The number of unbranched alkanes of at least 4 members (excludes halogenated alkanes) is 1. The predicted molar refractivity (Wildman–Crippen MR) is 139 cm³/mol. The topological polar surface area (TPSA) is 60.0 Å². The Balaban J connectivity index is 0.00000341. The zero-order valence-corrected chi connectivity index (χ0v) is 21.4. The van der Waals surface area contributed by atoms with Gasteiger partial charge in [-0.1, -0.05) is 30.3 Å². The van der Waals surface area contributed by atoms with Gasteiger partial charge >= 0.3 is 0 Å². The Bertz CT molecular complexity index is 663. The number of benzene rings is 1. The van der Waals surface area contributed by atoms with Crippen LogP contribution in [-0.4, -0.2) is 74.0 Å². The van der Waals surface area contributed by atoms with Gasteiger partial charge < -0.3 is 20.4 Å². The highest BCUT2D eigenvalue weighted by molar-refractivity contribution is 14.0. The van der Waals surface area contributed by atoms with E-state index in [2.05, 4.69) is 46.7 Å². The van der Waals surface area contributed by atoms with Crippen LogP contribution in [0, 0.1) is 5.92 Å². The number of halogens is 1. The molecule has 1 aromatic rings. The first-order valence-electron chi connectivity index (χ1n) is 11.8. The second kappa shape index (κ2) is 14.7. The zero-order valence-electron chi connectivity index (χ0n) is 19.0. The Morgan fingerprint density at radius 2 is 1.87 bits per heavy atom. The van der Waals surface area contributed by atoms with Gasteiger partial charge in [-0.15, -0.1) is 24.0 Å². The molecule has 1 atom stereocenters. The normalized spacial score (nSPS) is 19.5. The molecule has 0 radical (unpaired) electrons. The van der Waals surface area contributed by atoms with E-state index in [4.69, 9.17) is 4.99 Å². The molecule has 0 aliphatic carbocycles. The van der Waals surface area contributed by atoms with Gasteiger partial charge in [0.1, 0.15) is 0 Å². The SMILES string of the molecule is CCNC(=NCC1CC(=O)N(CCc2ccccc2)C1)NCCCCN1CCCC1.I. The lowest BCUT2D eigenvalue weighted by molar-refractivity contribution is -0.127. The minimum absolute atomic E-state index is 0. The Morgan fingerprint density at radius 3 is 2.61 bits per heavy atom. The van der Waals surface area contributed by atoms with Crippen LogP contribution in [0.25, 0.3) is 0 Å². The van der Waals surface area contributed by atoms with Gasteiger partial charge in [0.2, 0.25) is 5.91 Å². The van der Waals surface area contributed by atoms with Crippen molar-refractivity contribution in [3.63, 3.8) is 0 Å². The van der Waals surface area contributed by atoms with Crippen LogP contribution in [0.2, 0.25) is 0 Å². The fourth-order valence-corrected chi connectivity index (χ4v) is 4.34. The van der Waals surface area contributed by atoms with E-state index in [0.29, 0.717) is 18.9 Å². The summed E-state index contributed by atoms with van der Waals surface area (Å²) in [4.78, 5) is 21.7. The quantitative estimate of drug-likeness (QED) is 0.196. The Hall–Kier alpha value is -1.35. The molecular weight excluding hydrogens is 501 g/mol. The summed E-state index contributed by atoms with van der Waals surface area (Å²) in [6.45, 7) is 10.0. The van der Waals surface area contributed by atoms with E-state index in [1.807, 2.05) is 11.0 Å². The largest absolute Gasteiger partial charge is 0.357 e. The zero-order chi connectivity index (χ0) is 21.0. The van der Waals surface area contributed by atoms with E-state index >= 15 is 0 Å². The first kappa shape index (κ1) is 25.9. The Kier molecular flexibility index (Phi) is 12.3. The molecule has 0 spiro atoms. The number of nitrogens with one attached hydrogen (secondary N) is 2. The molecule has 2 fully saturated rings. The first-order valence-corrected chi connectivity index (χ1v) is 11.8. The maximum absolute atomic E-state index is 12.4. The third-order valence-corrected chi connectivity index (χ3v) is 6.05. The minimum atomic E-state index is 0. The second-order valence-electron chi connectivity index (χ2n) is 8.55. The molecular formula is C24H40IN5O. The molecule has 2 N–H and O–H groups in total.